The largest absolute Gasteiger partial charge is 0.435 e. The summed E-state index contributed by atoms with van der Waals surface area (Å²) in [6.07, 6.45) is -5.52. The van der Waals surface area contributed by atoms with Gasteiger partial charge in [-0.3, -0.25) is 4.79 Å². The molecule has 0 spiro atoms. The number of urea groups is 1. The molecule has 2 aromatic rings. The number of carbonyl (C=O) groups excluding carboxylic acids is 2. The third-order valence-electron chi connectivity index (χ3n) is 3.87. The van der Waals surface area contributed by atoms with E-state index >= 15 is 0 Å². The highest BCUT2D eigenvalue weighted by atomic mass is 32.2. The van der Waals surface area contributed by atoms with Crippen LogP contribution in [0, 0.1) is 5.82 Å². The molecule has 0 bridgehead atoms. The van der Waals surface area contributed by atoms with Crippen LogP contribution < -0.4 is 14.9 Å². The molecule has 1 unspecified atom stereocenters. The Morgan fingerprint density at radius 2 is 1.54 bits per heavy atom. The van der Waals surface area contributed by atoms with Gasteiger partial charge in [-0.15, -0.1) is 0 Å². The Morgan fingerprint density at radius 1 is 0.964 bits per heavy atom. The molecule has 1 atom stereocenters. The third-order valence-corrected chi connectivity index (χ3v) is 5.34. The van der Waals surface area contributed by atoms with Crippen molar-refractivity contribution >= 4 is 27.6 Å². The molecule has 12 heteroatoms. The first-order valence-corrected chi connectivity index (χ1v) is 9.04. The van der Waals surface area contributed by atoms with Crippen LogP contribution >= 0.6 is 0 Å². The van der Waals surface area contributed by atoms with Gasteiger partial charge in [0.1, 0.15) is 5.82 Å². The van der Waals surface area contributed by atoms with Crippen molar-refractivity contribution in [1.82, 2.24) is 10.0 Å². The summed E-state index contributed by atoms with van der Waals surface area (Å²) >= 11 is 0. The lowest BCUT2D eigenvalue weighted by Gasteiger charge is -2.29. The van der Waals surface area contributed by atoms with Crippen molar-refractivity contribution in [3.63, 3.8) is 0 Å². The van der Waals surface area contributed by atoms with E-state index in [9.17, 15) is 35.6 Å². The van der Waals surface area contributed by atoms with Crippen LogP contribution in [-0.2, 0) is 14.8 Å². The second kappa shape index (κ2) is 6.56. The van der Waals surface area contributed by atoms with E-state index in [0.717, 1.165) is 36.4 Å². The monoisotopic (exact) mass is 417 g/mol. The highest BCUT2D eigenvalue weighted by molar-refractivity contribution is 7.89. The fourth-order valence-electron chi connectivity index (χ4n) is 2.53. The Morgan fingerprint density at radius 3 is 2.07 bits per heavy atom. The third kappa shape index (κ3) is 3.20. The molecule has 148 valence electrons. The number of amides is 3. The molecule has 1 heterocycles. The highest BCUT2D eigenvalue weighted by Crippen LogP contribution is 2.36. The van der Waals surface area contributed by atoms with Crippen molar-refractivity contribution < 1.29 is 35.6 Å². The van der Waals surface area contributed by atoms with E-state index in [1.54, 1.807) is 0 Å². The van der Waals surface area contributed by atoms with Crippen LogP contribution in [0.3, 0.4) is 0 Å². The molecule has 3 rings (SSSR count). The van der Waals surface area contributed by atoms with E-state index < -0.39 is 44.5 Å². The van der Waals surface area contributed by atoms with Crippen LogP contribution in [-0.4, -0.2) is 32.2 Å². The average molecular weight is 417 g/mol. The van der Waals surface area contributed by atoms with E-state index in [-0.39, 0.29) is 10.6 Å². The molecule has 28 heavy (non-hydrogen) atoms. The van der Waals surface area contributed by atoms with Gasteiger partial charge in [-0.2, -0.15) is 17.9 Å². The van der Waals surface area contributed by atoms with Gasteiger partial charge in [0.15, 0.2) is 0 Å². The molecule has 2 N–H and O–H groups in total. The lowest BCUT2D eigenvalue weighted by atomic mass is 10.1. The maximum Gasteiger partial charge on any atom is 0.435 e. The Labute approximate surface area is 156 Å². The van der Waals surface area contributed by atoms with Crippen LogP contribution in [0.2, 0.25) is 0 Å². The number of alkyl halides is 3. The second-order valence-electron chi connectivity index (χ2n) is 5.71. The fourth-order valence-corrected chi connectivity index (χ4v) is 3.82. The summed E-state index contributed by atoms with van der Waals surface area (Å²) in [5.74, 6) is -2.67. The number of anilines is 1. The molecule has 7 nitrogen and oxygen atoms in total. The maximum atomic E-state index is 13.8. The van der Waals surface area contributed by atoms with Crippen LogP contribution in [0.15, 0.2) is 59.5 Å². The number of sulfonamides is 1. The first-order valence-electron chi connectivity index (χ1n) is 7.56. The van der Waals surface area contributed by atoms with Crippen molar-refractivity contribution in [3.8, 4) is 0 Å². The molecule has 0 saturated carbocycles. The molecule has 1 aliphatic rings. The zero-order chi connectivity index (χ0) is 20.7. The minimum absolute atomic E-state index is 0.0838. The van der Waals surface area contributed by atoms with Gasteiger partial charge in [-0.05, 0) is 36.4 Å². The van der Waals surface area contributed by atoms with Crippen molar-refractivity contribution in [2.75, 3.05) is 4.90 Å². The summed E-state index contributed by atoms with van der Waals surface area (Å²) in [5.41, 5.74) is -4.29. The van der Waals surface area contributed by atoms with E-state index in [1.807, 2.05) is 0 Å². The quantitative estimate of drug-likeness (QED) is 0.589. The molecular weight excluding hydrogens is 406 g/mol. The first kappa shape index (κ1) is 19.8. The molecule has 1 fully saturated rings. The van der Waals surface area contributed by atoms with Crippen molar-refractivity contribution in [2.24, 2.45) is 0 Å². The first-order chi connectivity index (χ1) is 13.0. The van der Waals surface area contributed by atoms with E-state index in [1.165, 1.54) is 28.2 Å². The standard InChI is InChI=1S/C16H11F4N3O4S/c17-10-6-8-11(9-7-10)23-13(24)15(16(18,19)20,21-14(23)25)22-28(26,27)12-4-2-1-3-5-12/h1-9,22H,(H,21,25). The van der Waals surface area contributed by atoms with Gasteiger partial charge in [0.25, 0.3) is 11.6 Å². The molecule has 1 saturated heterocycles. The van der Waals surface area contributed by atoms with Gasteiger partial charge in [0.05, 0.1) is 10.6 Å². The smallest absolute Gasteiger partial charge is 0.302 e. The molecule has 0 aromatic heterocycles. The predicted octanol–water partition coefficient (Wildman–Crippen LogP) is 2.12. The van der Waals surface area contributed by atoms with Crippen molar-refractivity contribution in [2.45, 2.75) is 16.7 Å². The van der Waals surface area contributed by atoms with Gasteiger partial charge in [0.2, 0.25) is 10.0 Å². The maximum absolute atomic E-state index is 13.8. The van der Waals surface area contributed by atoms with Crippen LogP contribution in [0.1, 0.15) is 0 Å². The Hall–Kier alpha value is -2.99. The minimum atomic E-state index is -5.52. The summed E-state index contributed by atoms with van der Waals surface area (Å²) in [4.78, 5) is 24.2. The van der Waals surface area contributed by atoms with Gasteiger partial charge in [-0.1, -0.05) is 18.2 Å². The second-order valence-corrected chi connectivity index (χ2v) is 7.40. The number of halogens is 4. The number of nitrogens with zero attached hydrogens (tertiary/aromatic N) is 1. The summed E-state index contributed by atoms with van der Waals surface area (Å²) in [7, 11) is -4.85. The van der Waals surface area contributed by atoms with Crippen LogP contribution in [0.5, 0.6) is 0 Å². The molecule has 0 radical (unpaired) electrons. The summed E-state index contributed by atoms with van der Waals surface area (Å²) < 4.78 is 80.5. The topological polar surface area (TPSA) is 95.6 Å². The zero-order valence-corrected chi connectivity index (χ0v) is 14.5. The number of imide groups is 1. The zero-order valence-electron chi connectivity index (χ0n) is 13.7. The number of benzene rings is 2. The normalized spacial score (nSPS) is 20.4. The van der Waals surface area contributed by atoms with Crippen LogP contribution in [0.4, 0.5) is 28.0 Å². The molecule has 0 aliphatic carbocycles. The van der Waals surface area contributed by atoms with Gasteiger partial charge in [-0.25, -0.2) is 22.5 Å². The summed E-state index contributed by atoms with van der Waals surface area (Å²) in [6.45, 7) is 0. The molecule has 1 aliphatic heterocycles. The number of hydrogen-bond donors (Lipinski definition) is 2. The Balaban J connectivity index is 2.07. The molecule has 2 aromatic carbocycles. The lowest BCUT2D eigenvalue weighted by Crippen LogP contribution is -2.69. The number of rotatable bonds is 4. The number of nitrogens with one attached hydrogen (secondary N) is 2. The number of hydrogen-bond acceptors (Lipinski definition) is 4. The van der Waals surface area contributed by atoms with Crippen LogP contribution in [0.25, 0.3) is 0 Å². The predicted molar refractivity (Wildman–Crippen MR) is 88.0 cm³/mol. The molecular formula is C16H11F4N3O4S. The lowest BCUT2D eigenvalue weighted by molar-refractivity contribution is -0.194. The fraction of sp³-hybridized carbons (Fsp3) is 0.125. The van der Waals surface area contributed by atoms with Gasteiger partial charge >= 0.3 is 12.2 Å². The minimum Gasteiger partial charge on any atom is -0.302 e. The van der Waals surface area contributed by atoms with E-state index in [4.69, 9.17) is 0 Å². The SMILES string of the molecule is O=C1NC(NS(=O)(=O)c2ccccc2)(C(F)(F)F)C(=O)N1c1ccc(F)cc1. The number of carbonyl (C=O) groups is 2. The van der Waals surface area contributed by atoms with E-state index in [0.29, 0.717) is 0 Å². The van der Waals surface area contributed by atoms with Crippen molar-refractivity contribution in [3.05, 3.63) is 60.4 Å². The van der Waals surface area contributed by atoms with Gasteiger partial charge < -0.3 is 5.32 Å². The Bertz CT molecular complexity index is 1030. The van der Waals surface area contributed by atoms with E-state index in [2.05, 4.69) is 0 Å². The average Bonchev–Trinajstić information content (AvgIpc) is 2.87. The summed E-state index contributed by atoms with van der Waals surface area (Å²) in [6, 6.07) is 7.98. The summed E-state index contributed by atoms with van der Waals surface area (Å²) in [5, 5.41) is 1.37. The van der Waals surface area contributed by atoms with Gasteiger partial charge in [0, 0.05) is 0 Å². The van der Waals surface area contributed by atoms with Crippen molar-refractivity contribution in [1.29, 1.82) is 0 Å². The highest BCUT2D eigenvalue weighted by Gasteiger charge is 2.69. The molecule has 3 amide bonds. The Kier molecular flexibility index (Phi) is 4.63.